The average molecular weight is 542 g/mol. The van der Waals surface area contributed by atoms with Gasteiger partial charge >= 0.3 is 5.97 Å². The number of benzene rings is 2. The molecular weight excluding hydrogens is 514 g/mol. The second-order valence-corrected chi connectivity index (χ2v) is 10.6. The maximum atomic E-state index is 13.9. The maximum Gasteiger partial charge on any atom is 0.337 e. The van der Waals surface area contributed by atoms with Crippen molar-refractivity contribution < 1.29 is 24.2 Å². The Kier molecular flexibility index (Phi) is 6.23. The van der Waals surface area contributed by atoms with Gasteiger partial charge in [-0.05, 0) is 43.0 Å². The van der Waals surface area contributed by atoms with Crippen molar-refractivity contribution in [2.45, 2.75) is 31.6 Å². The summed E-state index contributed by atoms with van der Waals surface area (Å²) in [4.78, 5) is 27.2. The normalized spacial score (nSPS) is 18.3. The van der Waals surface area contributed by atoms with E-state index in [2.05, 4.69) is 11.4 Å². The zero-order chi connectivity index (χ0) is 27.3. The standard InChI is InChI=1S/C30H27N3O5S/c1-16-25-26(19-9-6-11-23(37-2)28(19)38-3)27-20(14-17(15-22(27)34)24-12-7-13-39-24)31-29(25)33(32-16)21-10-5-4-8-18(21)30(35)36/h4-13,17,26,31H,14-15H2,1-3H3,(H,35,36)/t17-,26-/m0/s1. The smallest absolute Gasteiger partial charge is 0.337 e. The molecule has 39 heavy (non-hydrogen) atoms. The highest BCUT2D eigenvalue weighted by Crippen LogP contribution is 2.52. The Labute approximate surface area is 229 Å². The number of rotatable bonds is 6. The van der Waals surface area contributed by atoms with Crippen LogP contribution < -0.4 is 14.8 Å². The lowest BCUT2D eigenvalue weighted by Gasteiger charge is -2.36. The Hall–Kier alpha value is -4.37. The van der Waals surface area contributed by atoms with Gasteiger partial charge in [0.05, 0.1) is 31.2 Å². The molecule has 1 aliphatic carbocycles. The number of thiophene rings is 1. The number of aromatic nitrogens is 2. The van der Waals surface area contributed by atoms with Crippen LogP contribution in [0.4, 0.5) is 5.82 Å². The molecule has 2 aliphatic rings. The summed E-state index contributed by atoms with van der Waals surface area (Å²) in [6.07, 6.45) is 1.06. The molecule has 4 aromatic rings. The zero-order valence-corrected chi connectivity index (χ0v) is 22.5. The molecule has 3 heterocycles. The molecule has 0 saturated heterocycles. The summed E-state index contributed by atoms with van der Waals surface area (Å²) in [6, 6.07) is 16.5. The van der Waals surface area contributed by atoms with Crippen LogP contribution in [0.25, 0.3) is 5.69 Å². The summed E-state index contributed by atoms with van der Waals surface area (Å²) in [5.74, 6) is 0.384. The molecule has 0 saturated carbocycles. The van der Waals surface area contributed by atoms with Crippen molar-refractivity contribution in [1.29, 1.82) is 0 Å². The molecule has 2 aromatic heterocycles. The first-order valence-corrected chi connectivity index (χ1v) is 13.5. The summed E-state index contributed by atoms with van der Waals surface area (Å²) >= 11 is 1.65. The fourth-order valence-electron chi connectivity index (χ4n) is 5.87. The maximum absolute atomic E-state index is 13.9. The van der Waals surface area contributed by atoms with Gasteiger partial charge < -0.3 is 19.9 Å². The third kappa shape index (κ3) is 4.01. The van der Waals surface area contributed by atoms with Gasteiger partial charge in [-0.3, -0.25) is 4.79 Å². The molecule has 0 unspecified atom stereocenters. The minimum absolute atomic E-state index is 0.0573. The van der Waals surface area contributed by atoms with Gasteiger partial charge in [0.2, 0.25) is 0 Å². The van der Waals surface area contributed by atoms with Gasteiger partial charge in [0, 0.05) is 45.5 Å². The van der Waals surface area contributed by atoms with Crippen LogP contribution in [-0.4, -0.2) is 40.9 Å². The van der Waals surface area contributed by atoms with Crippen LogP contribution >= 0.6 is 11.3 Å². The summed E-state index contributed by atoms with van der Waals surface area (Å²) in [7, 11) is 3.18. The Morgan fingerprint density at radius 3 is 2.62 bits per heavy atom. The van der Waals surface area contributed by atoms with E-state index in [4.69, 9.17) is 14.6 Å². The van der Waals surface area contributed by atoms with Crippen LogP contribution in [0, 0.1) is 6.92 Å². The topological polar surface area (TPSA) is 103 Å². The summed E-state index contributed by atoms with van der Waals surface area (Å²) < 4.78 is 13.1. The quantitative estimate of drug-likeness (QED) is 0.313. The van der Waals surface area contributed by atoms with E-state index < -0.39 is 11.9 Å². The molecule has 0 radical (unpaired) electrons. The van der Waals surface area contributed by atoms with E-state index >= 15 is 0 Å². The van der Waals surface area contributed by atoms with E-state index in [1.54, 1.807) is 54.5 Å². The number of nitrogens with one attached hydrogen (secondary N) is 1. The predicted octanol–water partition coefficient (Wildman–Crippen LogP) is 5.92. The summed E-state index contributed by atoms with van der Waals surface area (Å²) in [5, 5.41) is 20.3. The lowest BCUT2D eigenvalue weighted by Crippen LogP contribution is -2.30. The monoisotopic (exact) mass is 541 g/mol. The van der Waals surface area contributed by atoms with E-state index in [1.807, 2.05) is 36.6 Å². The second-order valence-electron chi connectivity index (χ2n) is 9.66. The summed E-state index contributed by atoms with van der Waals surface area (Å²) in [6.45, 7) is 1.88. The number of para-hydroxylation sites is 2. The number of methoxy groups -OCH3 is 2. The molecule has 6 rings (SSSR count). The van der Waals surface area contributed by atoms with Crippen LogP contribution in [0.3, 0.4) is 0 Å². The van der Waals surface area contributed by atoms with Crippen LogP contribution in [0.5, 0.6) is 11.5 Å². The van der Waals surface area contributed by atoms with Crippen molar-refractivity contribution >= 4 is 28.9 Å². The molecule has 198 valence electrons. The third-order valence-corrected chi connectivity index (χ3v) is 8.55. The Balaban J connectivity index is 1.61. The molecule has 1 aliphatic heterocycles. The number of hydrogen-bond acceptors (Lipinski definition) is 7. The highest BCUT2D eigenvalue weighted by molar-refractivity contribution is 7.10. The number of allylic oxidation sites excluding steroid dienone is 2. The van der Waals surface area contributed by atoms with Crippen LogP contribution in [0.2, 0.25) is 0 Å². The van der Waals surface area contributed by atoms with Gasteiger partial charge in [-0.1, -0.05) is 30.3 Å². The number of ether oxygens (including phenoxy) is 2. The minimum Gasteiger partial charge on any atom is -0.493 e. The number of hydrogen-bond donors (Lipinski definition) is 2. The number of carboxylic acid groups (broad SMARTS) is 1. The first-order chi connectivity index (χ1) is 18.9. The van der Waals surface area contributed by atoms with Crippen molar-refractivity contribution in [2.75, 3.05) is 19.5 Å². The Morgan fingerprint density at radius 2 is 1.90 bits per heavy atom. The molecule has 0 bridgehead atoms. The van der Waals surface area contributed by atoms with Gasteiger partial charge in [0.15, 0.2) is 17.3 Å². The van der Waals surface area contributed by atoms with Crippen molar-refractivity contribution in [3.05, 3.63) is 98.5 Å². The van der Waals surface area contributed by atoms with Crippen molar-refractivity contribution in [1.82, 2.24) is 9.78 Å². The highest BCUT2D eigenvalue weighted by Gasteiger charge is 2.43. The molecule has 8 nitrogen and oxygen atoms in total. The zero-order valence-electron chi connectivity index (χ0n) is 21.7. The summed E-state index contributed by atoms with van der Waals surface area (Å²) in [5.41, 5.74) is 4.38. The van der Waals surface area contributed by atoms with Gasteiger partial charge in [-0.2, -0.15) is 5.10 Å². The number of carbonyl (C=O) groups is 2. The van der Waals surface area contributed by atoms with Crippen molar-refractivity contribution in [3.8, 4) is 17.2 Å². The SMILES string of the molecule is COc1cccc([C@@H]2C3=C(C[C@H](c4cccs4)CC3=O)Nc3c2c(C)nn3-c2ccccc2C(=O)O)c1OC. The van der Waals surface area contributed by atoms with E-state index in [0.717, 1.165) is 16.8 Å². The molecule has 0 amide bonds. The number of fused-ring (bicyclic) bond motifs is 1. The first kappa shape index (κ1) is 24.9. The number of Topliss-reactive ketones (excluding diaryl/α,β-unsaturated/α-hetero) is 1. The second kappa shape index (κ2) is 9.74. The van der Waals surface area contributed by atoms with Gasteiger partial charge in [-0.25, -0.2) is 9.48 Å². The third-order valence-electron chi connectivity index (χ3n) is 7.51. The van der Waals surface area contributed by atoms with E-state index in [0.29, 0.717) is 47.1 Å². The molecular formula is C30H27N3O5S. The number of ketones is 1. The fraction of sp³-hybridized carbons (Fsp3) is 0.233. The first-order valence-electron chi connectivity index (χ1n) is 12.6. The number of nitrogens with zero attached hydrogens (tertiary/aromatic N) is 2. The van der Waals surface area contributed by atoms with Crippen LogP contribution in [-0.2, 0) is 4.79 Å². The van der Waals surface area contributed by atoms with Crippen LogP contribution in [0.15, 0.2) is 71.2 Å². The fourth-order valence-corrected chi connectivity index (χ4v) is 6.70. The average Bonchev–Trinajstić information content (AvgIpc) is 3.60. The molecule has 9 heteroatoms. The molecule has 2 atom stereocenters. The van der Waals surface area contributed by atoms with Crippen LogP contribution in [0.1, 0.15) is 56.7 Å². The lowest BCUT2D eigenvalue weighted by molar-refractivity contribution is -0.116. The van der Waals surface area contributed by atoms with E-state index in [1.165, 1.54) is 4.88 Å². The molecule has 0 fully saturated rings. The molecule has 0 spiro atoms. The van der Waals surface area contributed by atoms with Crippen molar-refractivity contribution in [3.63, 3.8) is 0 Å². The lowest BCUT2D eigenvalue weighted by atomic mass is 9.73. The molecule has 2 N–H and O–H groups in total. The number of carbonyl (C=O) groups excluding carboxylic acids is 1. The minimum atomic E-state index is -1.04. The van der Waals surface area contributed by atoms with Gasteiger partial charge in [-0.15, -0.1) is 11.3 Å². The Bertz CT molecular complexity index is 1640. The number of carboxylic acids is 1. The number of anilines is 1. The van der Waals surface area contributed by atoms with E-state index in [-0.39, 0.29) is 17.3 Å². The number of aromatic carboxylic acids is 1. The number of aryl methyl sites for hydroxylation is 1. The Morgan fingerprint density at radius 1 is 1.08 bits per heavy atom. The highest BCUT2D eigenvalue weighted by atomic mass is 32.1. The van der Waals surface area contributed by atoms with Gasteiger partial charge in [0.25, 0.3) is 0 Å². The van der Waals surface area contributed by atoms with Crippen molar-refractivity contribution in [2.24, 2.45) is 0 Å². The molecule has 2 aromatic carbocycles. The largest absolute Gasteiger partial charge is 0.493 e. The predicted molar refractivity (Wildman–Crippen MR) is 149 cm³/mol. The van der Waals surface area contributed by atoms with E-state index in [9.17, 15) is 14.7 Å². The van der Waals surface area contributed by atoms with Gasteiger partial charge in [0.1, 0.15) is 5.82 Å².